The Hall–Kier alpha value is -1.74. The van der Waals surface area contributed by atoms with E-state index < -0.39 is 30.1 Å². The molecule has 0 saturated heterocycles. The van der Waals surface area contributed by atoms with Crippen molar-refractivity contribution in [1.82, 2.24) is 4.98 Å². The lowest BCUT2D eigenvalue weighted by molar-refractivity contribution is -0.142. The van der Waals surface area contributed by atoms with E-state index in [0.29, 0.717) is 0 Å². The number of alkyl halides is 2. The lowest BCUT2D eigenvalue weighted by Gasteiger charge is -2.11. The van der Waals surface area contributed by atoms with Crippen molar-refractivity contribution >= 4 is 17.6 Å². The molecule has 0 saturated carbocycles. The lowest BCUT2D eigenvalue weighted by atomic mass is 10.0. The molecular formula is C11H9ClF2N2O2. The number of nitriles is 1. The van der Waals surface area contributed by atoms with Gasteiger partial charge in [-0.25, -0.2) is 13.8 Å². The highest BCUT2D eigenvalue weighted by Crippen LogP contribution is 2.30. The molecule has 0 fully saturated rings. The standard InChI is InChI=1S/C11H9ClF2N2O2/c1-2-18-9(17)3-6-7(12)5-16-8(4-15)10(6)11(13)14/h5,11H,2-3H2,1H3. The molecule has 0 radical (unpaired) electrons. The second-order valence-corrected chi connectivity index (χ2v) is 3.65. The number of esters is 1. The summed E-state index contributed by atoms with van der Waals surface area (Å²) in [5.41, 5.74) is -1.16. The van der Waals surface area contributed by atoms with Crippen LogP contribution in [0.2, 0.25) is 5.02 Å². The number of pyridine rings is 1. The van der Waals surface area contributed by atoms with Crippen molar-refractivity contribution in [3.63, 3.8) is 0 Å². The van der Waals surface area contributed by atoms with E-state index in [4.69, 9.17) is 16.9 Å². The summed E-state index contributed by atoms with van der Waals surface area (Å²) in [4.78, 5) is 14.8. The van der Waals surface area contributed by atoms with Crippen LogP contribution >= 0.6 is 11.6 Å². The molecule has 0 aliphatic heterocycles. The number of rotatable bonds is 4. The maximum absolute atomic E-state index is 12.9. The molecule has 0 aliphatic rings. The highest BCUT2D eigenvalue weighted by molar-refractivity contribution is 6.31. The Kier molecular flexibility index (Phi) is 4.98. The first-order valence-electron chi connectivity index (χ1n) is 5.02. The summed E-state index contributed by atoms with van der Waals surface area (Å²) >= 11 is 5.73. The van der Waals surface area contributed by atoms with E-state index in [9.17, 15) is 13.6 Å². The van der Waals surface area contributed by atoms with Gasteiger partial charge in [0.05, 0.1) is 23.6 Å². The Morgan fingerprint density at radius 1 is 1.67 bits per heavy atom. The maximum Gasteiger partial charge on any atom is 0.310 e. The van der Waals surface area contributed by atoms with Crippen LogP contribution in [0.1, 0.15) is 30.2 Å². The van der Waals surface area contributed by atoms with Gasteiger partial charge in [0.15, 0.2) is 0 Å². The number of carbonyl (C=O) groups excluding carboxylic acids is 1. The third-order valence-corrected chi connectivity index (χ3v) is 2.45. The molecule has 7 heteroatoms. The van der Waals surface area contributed by atoms with Crippen LogP contribution < -0.4 is 0 Å². The smallest absolute Gasteiger partial charge is 0.310 e. The number of aromatic nitrogens is 1. The molecule has 0 N–H and O–H groups in total. The van der Waals surface area contributed by atoms with Crippen LogP contribution in [0.15, 0.2) is 6.20 Å². The first kappa shape index (κ1) is 14.3. The van der Waals surface area contributed by atoms with Gasteiger partial charge in [-0.2, -0.15) is 5.26 Å². The van der Waals surface area contributed by atoms with E-state index in [1.54, 1.807) is 13.0 Å². The van der Waals surface area contributed by atoms with Crippen molar-refractivity contribution in [2.24, 2.45) is 0 Å². The van der Waals surface area contributed by atoms with Gasteiger partial charge in [0.25, 0.3) is 6.43 Å². The zero-order chi connectivity index (χ0) is 13.7. The Morgan fingerprint density at radius 2 is 2.33 bits per heavy atom. The molecule has 0 atom stereocenters. The van der Waals surface area contributed by atoms with E-state index >= 15 is 0 Å². The van der Waals surface area contributed by atoms with Crippen molar-refractivity contribution in [3.05, 3.63) is 28.0 Å². The molecule has 1 rings (SSSR count). The largest absolute Gasteiger partial charge is 0.466 e. The summed E-state index contributed by atoms with van der Waals surface area (Å²) in [7, 11) is 0. The molecule has 0 unspecified atom stereocenters. The van der Waals surface area contributed by atoms with Gasteiger partial charge in [-0.3, -0.25) is 4.79 Å². The minimum absolute atomic E-state index is 0.0858. The van der Waals surface area contributed by atoms with Gasteiger partial charge in [-0.15, -0.1) is 0 Å². The van der Waals surface area contributed by atoms with Crippen molar-refractivity contribution in [2.75, 3.05) is 6.61 Å². The fourth-order valence-electron chi connectivity index (χ4n) is 1.40. The third-order valence-electron chi connectivity index (χ3n) is 2.13. The topological polar surface area (TPSA) is 63.0 Å². The van der Waals surface area contributed by atoms with Gasteiger partial charge in [0.1, 0.15) is 11.8 Å². The highest BCUT2D eigenvalue weighted by Gasteiger charge is 2.23. The summed E-state index contributed by atoms with van der Waals surface area (Å²) in [5.74, 6) is -0.684. The van der Waals surface area contributed by atoms with Gasteiger partial charge in [0.2, 0.25) is 0 Å². The van der Waals surface area contributed by atoms with Crippen LogP contribution in [-0.2, 0) is 16.0 Å². The first-order chi connectivity index (χ1) is 8.51. The van der Waals surface area contributed by atoms with Crippen molar-refractivity contribution in [1.29, 1.82) is 5.26 Å². The molecule has 1 heterocycles. The van der Waals surface area contributed by atoms with Gasteiger partial charge in [0, 0.05) is 6.20 Å². The number of carbonyl (C=O) groups is 1. The van der Waals surface area contributed by atoms with Crippen LogP contribution in [-0.4, -0.2) is 17.6 Å². The normalized spacial score (nSPS) is 10.2. The quantitative estimate of drug-likeness (QED) is 0.792. The fourth-order valence-corrected chi connectivity index (χ4v) is 1.62. The summed E-state index contributed by atoms with van der Waals surface area (Å²) in [6, 6.07) is 1.55. The summed E-state index contributed by atoms with van der Waals surface area (Å²) < 4.78 is 30.4. The molecule has 96 valence electrons. The molecule has 0 amide bonds. The third kappa shape index (κ3) is 3.14. The molecule has 0 aliphatic carbocycles. The van der Waals surface area contributed by atoms with Gasteiger partial charge < -0.3 is 4.74 Å². The van der Waals surface area contributed by atoms with Gasteiger partial charge in [-0.05, 0) is 12.5 Å². The summed E-state index contributed by atoms with van der Waals surface area (Å²) in [5, 5.41) is 8.63. The van der Waals surface area contributed by atoms with Crippen molar-refractivity contribution in [3.8, 4) is 6.07 Å². The zero-order valence-electron chi connectivity index (χ0n) is 9.41. The van der Waals surface area contributed by atoms with E-state index in [0.717, 1.165) is 6.20 Å². The monoisotopic (exact) mass is 274 g/mol. The van der Waals surface area contributed by atoms with Crippen LogP contribution in [0.3, 0.4) is 0 Å². The van der Waals surface area contributed by atoms with Gasteiger partial charge >= 0.3 is 5.97 Å². The number of halogens is 3. The maximum atomic E-state index is 12.9. The average Bonchev–Trinajstić information content (AvgIpc) is 2.31. The molecule has 0 aromatic carbocycles. The number of hydrogen-bond donors (Lipinski definition) is 0. The van der Waals surface area contributed by atoms with E-state index in [2.05, 4.69) is 9.72 Å². The summed E-state index contributed by atoms with van der Waals surface area (Å²) in [6.45, 7) is 1.73. The lowest BCUT2D eigenvalue weighted by Crippen LogP contribution is -2.11. The number of nitrogens with zero attached hydrogens (tertiary/aromatic N) is 2. The predicted octanol–water partition coefficient (Wildman–Crippen LogP) is 2.65. The minimum atomic E-state index is -2.93. The molecule has 4 nitrogen and oxygen atoms in total. The first-order valence-corrected chi connectivity index (χ1v) is 5.40. The van der Waals surface area contributed by atoms with E-state index in [1.165, 1.54) is 0 Å². The molecule has 1 aromatic heterocycles. The number of ether oxygens (including phenoxy) is 1. The molecule has 18 heavy (non-hydrogen) atoms. The van der Waals surface area contributed by atoms with Crippen LogP contribution in [0.25, 0.3) is 0 Å². The Balaban J connectivity index is 3.24. The van der Waals surface area contributed by atoms with Crippen molar-refractivity contribution < 1.29 is 18.3 Å². The second-order valence-electron chi connectivity index (χ2n) is 3.24. The van der Waals surface area contributed by atoms with E-state index in [-0.39, 0.29) is 17.2 Å². The molecule has 1 aromatic rings. The fraction of sp³-hybridized carbons (Fsp3) is 0.364. The highest BCUT2D eigenvalue weighted by atomic mass is 35.5. The van der Waals surface area contributed by atoms with Crippen molar-refractivity contribution in [2.45, 2.75) is 19.8 Å². The molecular weight excluding hydrogens is 266 g/mol. The molecule has 0 bridgehead atoms. The average molecular weight is 275 g/mol. The predicted molar refractivity (Wildman–Crippen MR) is 59.3 cm³/mol. The van der Waals surface area contributed by atoms with Crippen LogP contribution in [0.4, 0.5) is 8.78 Å². The number of hydrogen-bond acceptors (Lipinski definition) is 4. The van der Waals surface area contributed by atoms with Crippen LogP contribution in [0, 0.1) is 11.3 Å². The van der Waals surface area contributed by atoms with Crippen LogP contribution in [0.5, 0.6) is 0 Å². The summed E-state index contributed by atoms with van der Waals surface area (Å²) in [6.07, 6.45) is -2.28. The Morgan fingerprint density at radius 3 is 2.83 bits per heavy atom. The second kappa shape index (κ2) is 6.26. The Bertz CT molecular complexity index is 501. The van der Waals surface area contributed by atoms with Gasteiger partial charge in [-0.1, -0.05) is 11.6 Å². The minimum Gasteiger partial charge on any atom is -0.466 e. The zero-order valence-corrected chi connectivity index (χ0v) is 10.2. The SMILES string of the molecule is CCOC(=O)Cc1c(Cl)cnc(C#N)c1C(F)F. The molecule has 0 spiro atoms. The Labute approximate surface area is 107 Å². The van der Waals surface area contributed by atoms with E-state index in [1.807, 2.05) is 0 Å².